The molecule has 0 bridgehead atoms. The maximum Gasteiger partial charge on any atom is 0.259 e. The number of carbonyl (C=O) groups excluding carboxylic acids is 1. The minimum atomic E-state index is -0.510. The van der Waals surface area contributed by atoms with Crippen LogP contribution in [0.4, 0.5) is 27.3 Å². The molecule has 43 heavy (non-hydrogen) atoms. The van der Waals surface area contributed by atoms with Gasteiger partial charge in [0.1, 0.15) is 11.6 Å². The number of nitrogens with zero attached hydrogens (tertiary/aromatic N) is 4. The maximum absolute atomic E-state index is 15.5. The molecular weight excluding hydrogens is 545 g/mol. The van der Waals surface area contributed by atoms with Crippen LogP contribution in [0.3, 0.4) is 0 Å². The summed E-state index contributed by atoms with van der Waals surface area (Å²) in [6, 6.07) is 12.4. The largest absolute Gasteiger partial charge is 0.368 e. The van der Waals surface area contributed by atoms with E-state index < -0.39 is 5.82 Å². The number of nitrogens with one attached hydrogen (secondary N) is 3. The van der Waals surface area contributed by atoms with E-state index in [4.69, 9.17) is 0 Å². The van der Waals surface area contributed by atoms with Gasteiger partial charge in [-0.1, -0.05) is 19.3 Å². The molecule has 4 heterocycles. The lowest BCUT2D eigenvalue weighted by Gasteiger charge is -2.38. The molecule has 0 atom stereocenters. The number of amides is 1. The van der Waals surface area contributed by atoms with Gasteiger partial charge in [-0.15, -0.1) is 0 Å². The summed E-state index contributed by atoms with van der Waals surface area (Å²) in [4.78, 5) is 42.2. The number of hydrogen-bond acceptors (Lipinski definition) is 7. The minimum absolute atomic E-state index is 0.0249. The highest BCUT2D eigenvalue weighted by Crippen LogP contribution is 2.32. The quantitative estimate of drug-likeness (QED) is 0.248. The summed E-state index contributed by atoms with van der Waals surface area (Å²) < 4.78 is 15.5. The molecule has 6 rings (SSSR count). The van der Waals surface area contributed by atoms with E-state index in [1.165, 1.54) is 12.3 Å². The van der Waals surface area contributed by atoms with Crippen molar-refractivity contribution >= 4 is 39.7 Å². The van der Waals surface area contributed by atoms with Gasteiger partial charge in [0.05, 0.1) is 34.2 Å². The molecule has 1 aromatic carbocycles. The molecule has 3 N–H and O–H groups in total. The number of halogens is 1. The van der Waals surface area contributed by atoms with Crippen molar-refractivity contribution in [1.29, 1.82) is 0 Å². The van der Waals surface area contributed by atoms with E-state index in [9.17, 15) is 9.59 Å². The van der Waals surface area contributed by atoms with Crippen LogP contribution in [0.2, 0.25) is 0 Å². The molecule has 2 aliphatic rings. The number of anilines is 4. The Morgan fingerprint density at radius 2 is 1.81 bits per heavy atom. The van der Waals surface area contributed by atoms with Gasteiger partial charge in [0.15, 0.2) is 0 Å². The van der Waals surface area contributed by atoms with E-state index in [1.807, 2.05) is 18.3 Å². The standard InChI is InChI=1S/C33H38FN7O2/c1-21(2)40-14-16-41(17-15-40)24-9-11-30(36-20-24)39-29-19-28(38-27-12-13-35-33(43)31(27)29)25-10-8-23(18-26(25)34)37-32(42)22-6-4-3-5-7-22/h8-13,18-22H,3-7,14-17H2,1-2H3,(H,35,43)(H,37,42)(H,36,38,39). The summed E-state index contributed by atoms with van der Waals surface area (Å²) in [7, 11) is 0. The zero-order valence-corrected chi connectivity index (χ0v) is 24.7. The zero-order valence-electron chi connectivity index (χ0n) is 24.7. The molecule has 224 valence electrons. The number of carbonyl (C=O) groups is 1. The maximum atomic E-state index is 15.5. The van der Waals surface area contributed by atoms with Gasteiger partial charge in [-0.2, -0.15) is 0 Å². The summed E-state index contributed by atoms with van der Waals surface area (Å²) in [5, 5.41) is 6.50. The predicted molar refractivity (Wildman–Crippen MR) is 169 cm³/mol. The number of H-pyrrole nitrogens is 1. The van der Waals surface area contributed by atoms with Crippen molar-refractivity contribution in [2.45, 2.75) is 52.0 Å². The van der Waals surface area contributed by atoms with Gasteiger partial charge in [-0.3, -0.25) is 14.5 Å². The molecule has 0 spiro atoms. The van der Waals surface area contributed by atoms with Gasteiger partial charge in [0.25, 0.3) is 5.56 Å². The molecule has 1 saturated carbocycles. The van der Waals surface area contributed by atoms with E-state index in [2.05, 4.69) is 49.2 Å². The first-order chi connectivity index (χ1) is 20.9. The topological polar surface area (TPSA) is 106 Å². The average molecular weight is 584 g/mol. The minimum Gasteiger partial charge on any atom is -0.368 e. The summed E-state index contributed by atoms with van der Waals surface area (Å²) in [6.07, 6.45) is 8.36. The second kappa shape index (κ2) is 12.5. The van der Waals surface area contributed by atoms with Gasteiger partial charge in [0.2, 0.25) is 5.91 Å². The van der Waals surface area contributed by atoms with Crippen molar-refractivity contribution in [3.8, 4) is 11.3 Å². The SMILES string of the molecule is CC(C)N1CCN(c2ccc(Nc3cc(-c4ccc(NC(=O)C5CCCCC5)cc4F)nc4cc[nH]c(=O)c34)nc2)CC1. The molecule has 2 fully saturated rings. The molecule has 0 radical (unpaired) electrons. The molecule has 1 aliphatic heterocycles. The summed E-state index contributed by atoms with van der Waals surface area (Å²) >= 11 is 0. The number of aromatic nitrogens is 3. The normalized spacial score (nSPS) is 16.5. The van der Waals surface area contributed by atoms with Gasteiger partial charge in [-0.25, -0.2) is 14.4 Å². The third-order valence-corrected chi connectivity index (χ3v) is 8.64. The first kappa shape index (κ1) is 28.8. The van der Waals surface area contributed by atoms with Crippen molar-refractivity contribution in [3.05, 3.63) is 71.0 Å². The highest BCUT2D eigenvalue weighted by atomic mass is 19.1. The summed E-state index contributed by atoms with van der Waals surface area (Å²) in [5.41, 5.74) is 2.69. The second-order valence-corrected chi connectivity index (χ2v) is 11.8. The van der Waals surface area contributed by atoms with E-state index in [0.29, 0.717) is 39.8 Å². The molecule has 1 amide bonds. The third-order valence-electron chi connectivity index (χ3n) is 8.64. The Hall–Kier alpha value is -4.31. The summed E-state index contributed by atoms with van der Waals surface area (Å²) in [5.74, 6) is -0.0301. The molecule has 9 nitrogen and oxygen atoms in total. The van der Waals surface area contributed by atoms with Crippen molar-refractivity contribution in [1.82, 2.24) is 19.9 Å². The van der Waals surface area contributed by atoms with Crippen LogP contribution in [0.5, 0.6) is 0 Å². The highest BCUT2D eigenvalue weighted by molar-refractivity contribution is 5.95. The molecule has 3 aromatic heterocycles. The zero-order chi connectivity index (χ0) is 29.9. The van der Waals surface area contributed by atoms with Gasteiger partial charge in [-0.05, 0) is 69.2 Å². The Morgan fingerprint density at radius 1 is 1.02 bits per heavy atom. The lowest BCUT2D eigenvalue weighted by molar-refractivity contribution is -0.120. The lowest BCUT2D eigenvalue weighted by atomic mass is 9.88. The second-order valence-electron chi connectivity index (χ2n) is 11.8. The average Bonchev–Trinajstić information content (AvgIpc) is 3.02. The van der Waals surface area contributed by atoms with Crippen molar-refractivity contribution in [3.63, 3.8) is 0 Å². The molecule has 10 heteroatoms. The van der Waals surface area contributed by atoms with Gasteiger partial charge < -0.3 is 20.5 Å². The first-order valence-electron chi connectivity index (χ1n) is 15.2. The molecule has 4 aromatic rings. The molecular formula is C33H38FN7O2. The van der Waals surface area contributed by atoms with Crippen LogP contribution in [0, 0.1) is 11.7 Å². The number of rotatable bonds is 7. The molecule has 0 unspecified atom stereocenters. The van der Waals surface area contributed by atoms with Crippen LogP contribution in [0.15, 0.2) is 59.7 Å². The Morgan fingerprint density at radius 3 is 2.51 bits per heavy atom. The fraction of sp³-hybridized carbons (Fsp3) is 0.394. The Bertz CT molecular complexity index is 1660. The Kier molecular flexibility index (Phi) is 8.38. The number of aromatic amines is 1. The Labute approximate surface area is 250 Å². The first-order valence-corrected chi connectivity index (χ1v) is 15.2. The Balaban J connectivity index is 1.24. The van der Waals surface area contributed by atoms with E-state index >= 15 is 4.39 Å². The number of fused-ring (bicyclic) bond motifs is 1. The number of hydrogen-bond donors (Lipinski definition) is 3. The highest BCUT2D eigenvalue weighted by Gasteiger charge is 2.22. The van der Waals surface area contributed by atoms with Gasteiger partial charge in [0, 0.05) is 55.6 Å². The van der Waals surface area contributed by atoms with E-state index in [1.54, 1.807) is 24.3 Å². The predicted octanol–water partition coefficient (Wildman–Crippen LogP) is 5.92. The number of pyridine rings is 3. The number of piperazine rings is 1. The fourth-order valence-corrected chi connectivity index (χ4v) is 6.12. The molecule has 1 saturated heterocycles. The van der Waals surface area contributed by atoms with Crippen LogP contribution < -0.4 is 21.1 Å². The van der Waals surface area contributed by atoms with Crippen LogP contribution in [-0.4, -0.2) is 58.0 Å². The van der Waals surface area contributed by atoms with Crippen LogP contribution in [0.1, 0.15) is 46.0 Å². The fourth-order valence-electron chi connectivity index (χ4n) is 6.12. The van der Waals surface area contributed by atoms with E-state index in [0.717, 1.165) is 64.0 Å². The third kappa shape index (κ3) is 6.39. The van der Waals surface area contributed by atoms with Crippen LogP contribution >= 0.6 is 0 Å². The number of benzene rings is 1. The van der Waals surface area contributed by atoms with Crippen LogP contribution in [-0.2, 0) is 4.79 Å². The molecule has 1 aliphatic carbocycles. The smallest absolute Gasteiger partial charge is 0.259 e. The van der Waals surface area contributed by atoms with E-state index in [-0.39, 0.29) is 22.9 Å². The summed E-state index contributed by atoms with van der Waals surface area (Å²) in [6.45, 7) is 8.34. The van der Waals surface area contributed by atoms with Crippen molar-refractivity contribution in [2.24, 2.45) is 5.92 Å². The monoisotopic (exact) mass is 583 g/mol. The van der Waals surface area contributed by atoms with Crippen molar-refractivity contribution < 1.29 is 9.18 Å². The lowest BCUT2D eigenvalue weighted by Crippen LogP contribution is -2.48. The van der Waals surface area contributed by atoms with Crippen LogP contribution in [0.25, 0.3) is 22.2 Å². The van der Waals surface area contributed by atoms with Gasteiger partial charge >= 0.3 is 0 Å². The van der Waals surface area contributed by atoms with Crippen molar-refractivity contribution in [2.75, 3.05) is 41.7 Å².